The van der Waals surface area contributed by atoms with Gasteiger partial charge in [0, 0.05) is 53.3 Å². The number of allylic oxidation sites excluding steroid dienone is 1. The van der Waals surface area contributed by atoms with Gasteiger partial charge in [0.25, 0.3) is 0 Å². The van der Waals surface area contributed by atoms with E-state index in [0.29, 0.717) is 100 Å². The molecule has 5 aromatic rings. The summed E-state index contributed by atoms with van der Waals surface area (Å²) in [6.07, 6.45) is 4.12. The van der Waals surface area contributed by atoms with Crippen LogP contribution in [0.25, 0.3) is 49.2 Å². The topological polar surface area (TPSA) is 196 Å². The molecule has 12 nitrogen and oxygen atoms in total. The van der Waals surface area contributed by atoms with Gasteiger partial charge in [0.15, 0.2) is 22.4 Å². The molecule has 0 saturated heterocycles. The second-order valence-corrected chi connectivity index (χ2v) is 13.2. The van der Waals surface area contributed by atoms with Crippen molar-refractivity contribution in [2.45, 2.75) is 58.7 Å². The number of aliphatic hydroxyl groups is 4. The molecule has 276 valence electrons. The Bertz CT molecular complexity index is 2310. The van der Waals surface area contributed by atoms with Crippen LogP contribution < -0.4 is 15.6 Å². The lowest BCUT2D eigenvalue weighted by Crippen LogP contribution is -2.15. The Labute approximate surface area is 299 Å². The average molecular weight is 716 g/mol. The van der Waals surface area contributed by atoms with Crippen LogP contribution in [0.15, 0.2) is 32.3 Å². The Morgan fingerprint density at radius 1 is 0.731 bits per heavy atom. The maximum Gasteiger partial charge on any atom is 0.190 e. The summed E-state index contributed by atoms with van der Waals surface area (Å²) in [5.41, 5.74) is 2.64. The fraction of sp³-hybridized carbons (Fsp3) is 0.425. The summed E-state index contributed by atoms with van der Waals surface area (Å²) in [6, 6.07) is 2.54. The molecular formula is C40H45NO11. The SMILES string of the molecule is COc1c(O)c2c(=O)cc(CO)c3c4c(CO)cc(=O)c5c(O)c(CCCCOCCO)c6c(c(c1C(C(C)=NCCCOCCO)C(C)=C6)c23)c54. The number of nitrogens with zero attached hydrogens (tertiary/aromatic N) is 1. The summed E-state index contributed by atoms with van der Waals surface area (Å²) in [7, 11) is 1.41. The highest BCUT2D eigenvalue weighted by Gasteiger charge is 2.36. The zero-order valence-electron chi connectivity index (χ0n) is 29.7. The Morgan fingerprint density at radius 3 is 1.88 bits per heavy atom. The molecule has 0 spiro atoms. The molecular weight excluding hydrogens is 670 g/mol. The van der Waals surface area contributed by atoms with Gasteiger partial charge in [-0.15, -0.1) is 0 Å². The first-order valence-electron chi connectivity index (χ1n) is 17.6. The minimum Gasteiger partial charge on any atom is -0.507 e. The fourth-order valence-corrected chi connectivity index (χ4v) is 8.11. The summed E-state index contributed by atoms with van der Waals surface area (Å²) in [4.78, 5) is 32.8. The van der Waals surface area contributed by atoms with Gasteiger partial charge in [-0.2, -0.15) is 0 Å². The number of fused-ring (bicyclic) bond motifs is 1. The van der Waals surface area contributed by atoms with E-state index in [1.807, 2.05) is 19.9 Å². The maximum atomic E-state index is 14.0. The number of phenols is 2. The van der Waals surface area contributed by atoms with Crippen molar-refractivity contribution < 1.29 is 44.8 Å². The third kappa shape index (κ3) is 6.13. The summed E-state index contributed by atoms with van der Waals surface area (Å²) >= 11 is 0. The molecule has 0 amide bonds. The molecule has 1 atom stereocenters. The van der Waals surface area contributed by atoms with Crippen LogP contribution in [0.4, 0.5) is 0 Å². The Kier molecular flexibility index (Phi) is 11.2. The number of aliphatic hydroxyl groups excluding tert-OH is 4. The number of aliphatic imine (C=N–C) groups is 1. The first-order valence-corrected chi connectivity index (χ1v) is 17.6. The van der Waals surface area contributed by atoms with Crippen molar-refractivity contribution >= 4 is 54.9 Å². The van der Waals surface area contributed by atoms with E-state index in [1.165, 1.54) is 19.2 Å². The molecule has 1 aliphatic carbocycles. The van der Waals surface area contributed by atoms with Gasteiger partial charge in [-0.25, -0.2) is 0 Å². The number of phenolic OH excluding ortho intramolecular Hbond substituents is 2. The second-order valence-electron chi connectivity index (χ2n) is 13.2. The number of methoxy groups -OCH3 is 1. The van der Waals surface area contributed by atoms with Crippen molar-refractivity contribution in [1.29, 1.82) is 0 Å². The number of benzene rings is 5. The zero-order valence-corrected chi connectivity index (χ0v) is 29.7. The number of rotatable bonds is 17. The standard InChI is InChI=1S/C40H45NO11/c1-20-15-25-24(7-4-5-11-51-13-9-42)38(48)32-26(46)16-22(18-44)29-30-23(19-45)17-27(47)33-35(30)36(31(25)34(29)32)37(40(50-3)39(33)49)28(20)21(2)41-8-6-12-52-14-10-43/h15-17,28,42-45,48-49H,4-14,18-19H2,1-3H3. The lowest BCUT2D eigenvalue weighted by Gasteiger charge is -2.26. The van der Waals surface area contributed by atoms with Crippen molar-refractivity contribution in [3.63, 3.8) is 0 Å². The van der Waals surface area contributed by atoms with Crippen LogP contribution in [0.3, 0.4) is 0 Å². The summed E-state index contributed by atoms with van der Waals surface area (Å²) in [6.45, 7) is 4.21. The van der Waals surface area contributed by atoms with Crippen LogP contribution in [0.1, 0.15) is 66.8 Å². The molecule has 0 heterocycles. The molecule has 1 aliphatic rings. The first-order chi connectivity index (χ1) is 25.2. The molecule has 12 heteroatoms. The number of ether oxygens (including phenoxy) is 3. The van der Waals surface area contributed by atoms with E-state index >= 15 is 0 Å². The molecule has 0 saturated carbocycles. The largest absolute Gasteiger partial charge is 0.507 e. The zero-order chi connectivity index (χ0) is 37.3. The van der Waals surface area contributed by atoms with Crippen LogP contribution in [-0.2, 0) is 29.1 Å². The average Bonchev–Trinajstić information content (AvgIpc) is 3.26. The monoisotopic (exact) mass is 715 g/mol. The number of hydrogen-bond donors (Lipinski definition) is 6. The Hall–Kier alpha value is -4.43. The quantitative estimate of drug-likeness (QED) is 0.0353. The van der Waals surface area contributed by atoms with E-state index in [4.69, 9.17) is 29.4 Å². The van der Waals surface area contributed by atoms with E-state index in [2.05, 4.69) is 0 Å². The molecule has 0 radical (unpaired) electrons. The van der Waals surface area contributed by atoms with Crippen molar-refractivity contribution in [2.75, 3.05) is 53.3 Å². The van der Waals surface area contributed by atoms with E-state index in [0.717, 1.165) is 5.57 Å². The molecule has 0 aliphatic heterocycles. The van der Waals surface area contributed by atoms with E-state index in [-0.39, 0.29) is 65.6 Å². The van der Waals surface area contributed by atoms with Crippen LogP contribution in [0.2, 0.25) is 0 Å². The molecule has 0 bridgehead atoms. The molecule has 52 heavy (non-hydrogen) atoms. The molecule has 6 N–H and O–H groups in total. The predicted molar refractivity (Wildman–Crippen MR) is 201 cm³/mol. The fourth-order valence-electron chi connectivity index (χ4n) is 8.11. The highest BCUT2D eigenvalue weighted by atomic mass is 16.5. The summed E-state index contributed by atoms with van der Waals surface area (Å²) in [5, 5.41) is 66.2. The number of hydrogen-bond acceptors (Lipinski definition) is 12. The van der Waals surface area contributed by atoms with Gasteiger partial charge < -0.3 is 44.8 Å². The molecule has 1 unspecified atom stereocenters. The van der Waals surface area contributed by atoms with E-state index in [1.54, 1.807) is 0 Å². The normalized spacial score (nSPS) is 14.8. The van der Waals surface area contributed by atoms with Crippen molar-refractivity contribution in [3.05, 3.63) is 66.0 Å². The van der Waals surface area contributed by atoms with Gasteiger partial charge in [-0.05, 0) is 89.9 Å². The third-order valence-corrected chi connectivity index (χ3v) is 10.2. The van der Waals surface area contributed by atoms with Crippen LogP contribution in [0.5, 0.6) is 17.2 Å². The predicted octanol–water partition coefficient (Wildman–Crippen LogP) is 3.99. The van der Waals surface area contributed by atoms with Gasteiger partial charge >= 0.3 is 0 Å². The minimum absolute atomic E-state index is 0.0211. The van der Waals surface area contributed by atoms with Crippen LogP contribution >= 0.6 is 0 Å². The number of unbranched alkanes of at least 4 members (excludes halogenated alkanes) is 1. The molecule has 5 aromatic carbocycles. The summed E-state index contributed by atoms with van der Waals surface area (Å²) in [5.74, 6) is -1.07. The van der Waals surface area contributed by atoms with Crippen molar-refractivity contribution in [1.82, 2.24) is 0 Å². The Morgan fingerprint density at radius 2 is 1.31 bits per heavy atom. The minimum atomic E-state index is -0.585. The Balaban J connectivity index is 1.80. The van der Waals surface area contributed by atoms with Crippen LogP contribution in [0, 0.1) is 0 Å². The third-order valence-electron chi connectivity index (χ3n) is 10.2. The van der Waals surface area contributed by atoms with Gasteiger partial charge in [0.05, 0.1) is 57.5 Å². The van der Waals surface area contributed by atoms with E-state index in [9.17, 15) is 30.0 Å². The summed E-state index contributed by atoms with van der Waals surface area (Å²) < 4.78 is 16.8. The highest BCUT2D eigenvalue weighted by molar-refractivity contribution is 6.38. The highest BCUT2D eigenvalue weighted by Crippen LogP contribution is 2.56. The lowest BCUT2D eigenvalue weighted by molar-refractivity contribution is 0.0899. The van der Waals surface area contributed by atoms with Gasteiger partial charge in [0.1, 0.15) is 5.75 Å². The van der Waals surface area contributed by atoms with Crippen LogP contribution in [-0.4, -0.2) is 89.6 Å². The smallest absolute Gasteiger partial charge is 0.190 e. The first kappa shape index (κ1) is 37.3. The van der Waals surface area contributed by atoms with Gasteiger partial charge in [0.2, 0.25) is 0 Å². The number of aromatic hydroxyl groups is 2. The van der Waals surface area contributed by atoms with E-state index < -0.39 is 30.0 Å². The second kappa shape index (κ2) is 15.7. The molecule has 6 rings (SSSR count). The van der Waals surface area contributed by atoms with Gasteiger partial charge in [-0.1, -0.05) is 11.6 Å². The van der Waals surface area contributed by atoms with Gasteiger partial charge in [-0.3, -0.25) is 14.6 Å². The maximum absolute atomic E-state index is 14.0. The molecule has 0 fully saturated rings. The van der Waals surface area contributed by atoms with Crippen molar-refractivity contribution in [2.24, 2.45) is 4.99 Å². The van der Waals surface area contributed by atoms with Crippen molar-refractivity contribution in [3.8, 4) is 17.2 Å². The molecule has 0 aromatic heterocycles. The lowest BCUT2D eigenvalue weighted by atomic mass is 9.78.